The van der Waals surface area contributed by atoms with E-state index in [2.05, 4.69) is 4.98 Å². The van der Waals surface area contributed by atoms with Crippen LogP contribution in [0.25, 0.3) is 0 Å². The molecule has 8 heteroatoms. The highest BCUT2D eigenvalue weighted by Crippen LogP contribution is 2.22. The first-order valence-electron chi connectivity index (χ1n) is 5.66. The minimum absolute atomic E-state index is 0.0693. The number of pyridine rings is 1. The quantitative estimate of drug-likeness (QED) is 0.443. The number of morpholine rings is 1. The number of hydrogen-bond acceptors (Lipinski definition) is 7. The SMILES string of the molecule is COC(=O)C1COCCN1c1cc([N+](=O)[O-])ccn1. The third-order valence-corrected chi connectivity index (χ3v) is 2.84. The van der Waals surface area contributed by atoms with Gasteiger partial charge in [-0.25, -0.2) is 9.78 Å². The zero-order valence-corrected chi connectivity index (χ0v) is 10.3. The van der Waals surface area contributed by atoms with E-state index in [4.69, 9.17) is 9.47 Å². The number of hydrogen-bond donors (Lipinski definition) is 0. The van der Waals surface area contributed by atoms with Gasteiger partial charge in [0.25, 0.3) is 5.69 Å². The summed E-state index contributed by atoms with van der Waals surface area (Å²) in [4.78, 5) is 27.6. The van der Waals surface area contributed by atoms with Gasteiger partial charge in [0.05, 0.1) is 31.3 Å². The number of nitrogens with zero attached hydrogens (tertiary/aromatic N) is 3. The Morgan fingerprint density at radius 1 is 1.68 bits per heavy atom. The Balaban J connectivity index is 2.29. The number of nitro groups is 1. The summed E-state index contributed by atoms with van der Waals surface area (Å²) in [6, 6.07) is 2.01. The Labute approximate surface area is 109 Å². The molecule has 1 fully saturated rings. The van der Waals surface area contributed by atoms with Crippen molar-refractivity contribution in [2.75, 3.05) is 31.8 Å². The Kier molecular flexibility index (Phi) is 3.91. The molecule has 1 aromatic heterocycles. The first-order valence-corrected chi connectivity index (χ1v) is 5.66. The van der Waals surface area contributed by atoms with Crippen molar-refractivity contribution in [2.45, 2.75) is 6.04 Å². The molecule has 2 heterocycles. The van der Waals surface area contributed by atoms with Gasteiger partial charge in [-0.2, -0.15) is 0 Å². The minimum Gasteiger partial charge on any atom is -0.467 e. The fraction of sp³-hybridized carbons (Fsp3) is 0.455. The zero-order valence-electron chi connectivity index (χ0n) is 10.3. The van der Waals surface area contributed by atoms with Gasteiger partial charge in [0, 0.05) is 18.8 Å². The third-order valence-electron chi connectivity index (χ3n) is 2.84. The van der Waals surface area contributed by atoms with E-state index in [1.54, 1.807) is 4.90 Å². The van der Waals surface area contributed by atoms with Crippen molar-refractivity contribution in [3.63, 3.8) is 0 Å². The molecule has 2 rings (SSSR count). The fourth-order valence-electron chi connectivity index (χ4n) is 1.89. The van der Waals surface area contributed by atoms with Crippen LogP contribution < -0.4 is 4.90 Å². The van der Waals surface area contributed by atoms with E-state index in [-0.39, 0.29) is 12.3 Å². The topological polar surface area (TPSA) is 94.8 Å². The Hall–Kier alpha value is -2.22. The molecule has 1 saturated heterocycles. The zero-order chi connectivity index (χ0) is 13.8. The summed E-state index contributed by atoms with van der Waals surface area (Å²) in [6.07, 6.45) is 1.34. The lowest BCUT2D eigenvalue weighted by Crippen LogP contribution is -2.51. The highest BCUT2D eigenvalue weighted by Gasteiger charge is 2.31. The monoisotopic (exact) mass is 267 g/mol. The number of carbonyl (C=O) groups excluding carboxylic acids is 1. The van der Waals surface area contributed by atoms with Crippen LogP contribution in [0.4, 0.5) is 11.5 Å². The van der Waals surface area contributed by atoms with Gasteiger partial charge < -0.3 is 14.4 Å². The summed E-state index contributed by atoms with van der Waals surface area (Å²) < 4.78 is 9.93. The second-order valence-corrected chi connectivity index (χ2v) is 3.94. The smallest absolute Gasteiger partial charge is 0.330 e. The van der Waals surface area contributed by atoms with E-state index in [9.17, 15) is 14.9 Å². The molecule has 19 heavy (non-hydrogen) atoms. The molecule has 0 radical (unpaired) electrons. The summed E-state index contributed by atoms with van der Waals surface area (Å²) in [7, 11) is 1.29. The Morgan fingerprint density at radius 3 is 3.16 bits per heavy atom. The lowest BCUT2D eigenvalue weighted by molar-refractivity contribution is -0.384. The standard InChI is InChI=1S/C11H13N3O5/c1-18-11(15)9-7-19-5-4-13(9)10-6-8(14(16)17)2-3-12-10/h2-3,6,9H,4-5,7H2,1H3. The second-order valence-electron chi connectivity index (χ2n) is 3.94. The lowest BCUT2D eigenvalue weighted by Gasteiger charge is -2.34. The van der Waals surface area contributed by atoms with E-state index in [1.165, 1.54) is 25.4 Å². The summed E-state index contributed by atoms with van der Waals surface area (Å²) in [5.41, 5.74) is -0.0693. The molecule has 0 amide bonds. The number of carbonyl (C=O) groups is 1. The summed E-state index contributed by atoms with van der Waals surface area (Å²) in [5, 5.41) is 10.8. The largest absolute Gasteiger partial charge is 0.467 e. The molecule has 0 bridgehead atoms. The number of ether oxygens (including phenoxy) is 2. The van der Waals surface area contributed by atoms with Gasteiger partial charge in [-0.1, -0.05) is 0 Å². The molecule has 0 saturated carbocycles. The predicted molar refractivity (Wildman–Crippen MR) is 64.9 cm³/mol. The number of aromatic nitrogens is 1. The molecule has 8 nitrogen and oxygen atoms in total. The highest BCUT2D eigenvalue weighted by molar-refractivity contribution is 5.80. The van der Waals surface area contributed by atoms with Crippen LogP contribution in [0, 0.1) is 10.1 Å². The van der Waals surface area contributed by atoms with Gasteiger partial charge in [0.2, 0.25) is 0 Å². The molecule has 0 aromatic carbocycles. The van der Waals surface area contributed by atoms with Crippen LogP contribution in [0.5, 0.6) is 0 Å². The van der Waals surface area contributed by atoms with Crippen LogP contribution in [0.1, 0.15) is 0 Å². The molecule has 1 atom stereocenters. The molecule has 1 aromatic rings. The van der Waals surface area contributed by atoms with E-state index < -0.39 is 16.9 Å². The van der Waals surface area contributed by atoms with Crippen LogP contribution in [-0.2, 0) is 14.3 Å². The van der Waals surface area contributed by atoms with Gasteiger partial charge in [0.1, 0.15) is 5.82 Å². The Morgan fingerprint density at radius 2 is 2.47 bits per heavy atom. The molecule has 0 spiro atoms. The maximum Gasteiger partial charge on any atom is 0.330 e. The predicted octanol–water partition coefficient (Wildman–Crippen LogP) is 0.368. The first kappa shape index (κ1) is 13.2. The van der Waals surface area contributed by atoms with E-state index >= 15 is 0 Å². The Bertz CT molecular complexity index is 493. The molecule has 1 aliphatic heterocycles. The van der Waals surface area contributed by atoms with E-state index in [1.807, 2.05) is 0 Å². The molecule has 0 N–H and O–H groups in total. The summed E-state index contributed by atoms with van der Waals surface area (Å²) >= 11 is 0. The number of anilines is 1. The molecule has 0 aliphatic carbocycles. The van der Waals surface area contributed by atoms with Gasteiger partial charge in [-0.05, 0) is 0 Å². The van der Waals surface area contributed by atoms with E-state index in [0.29, 0.717) is 19.0 Å². The maximum atomic E-state index is 11.7. The molecular formula is C11H13N3O5. The van der Waals surface area contributed by atoms with Crippen molar-refractivity contribution < 1.29 is 19.2 Å². The van der Waals surface area contributed by atoms with Crippen molar-refractivity contribution in [3.05, 3.63) is 28.4 Å². The average molecular weight is 267 g/mol. The number of esters is 1. The molecule has 1 aliphatic rings. The van der Waals surface area contributed by atoms with Crippen molar-refractivity contribution >= 4 is 17.5 Å². The molecular weight excluding hydrogens is 254 g/mol. The van der Waals surface area contributed by atoms with Gasteiger partial charge in [0.15, 0.2) is 6.04 Å². The summed E-state index contributed by atoms with van der Waals surface area (Å²) in [5.74, 6) is -0.0825. The van der Waals surface area contributed by atoms with Crippen LogP contribution in [-0.4, -0.2) is 48.8 Å². The van der Waals surface area contributed by atoms with Crippen molar-refractivity contribution in [2.24, 2.45) is 0 Å². The van der Waals surface area contributed by atoms with E-state index in [0.717, 1.165) is 0 Å². The van der Waals surface area contributed by atoms with Crippen LogP contribution in [0.15, 0.2) is 18.3 Å². The lowest BCUT2D eigenvalue weighted by atomic mass is 10.2. The molecule has 102 valence electrons. The van der Waals surface area contributed by atoms with Gasteiger partial charge in [-0.15, -0.1) is 0 Å². The third kappa shape index (κ3) is 2.79. The minimum atomic E-state index is -0.631. The van der Waals surface area contributed by atoms with Crippen LogP contribution >= 0.6 is 0 Å². The van der Waals surface area contributed by atoms with Crippen LogP contribution in [0.2, 0.25) is 0 Å². The van der Waals surface area contributed by atoms with Crippen molar-refractivity contribution in [3.8, 4) is 0 Å². The van der Waals surface area contributed by atoms with Gasteiger partial charge >= 0.3 is 5.97 Å². The fourth-order valence-corrected chi connectivity index (χ4v) is 1.89. The average Bonchev–Trinajstić information content (AvgIpc) is 2.46. The number of methoxy groups -OCH3 is 1. The normalized spacial score (nSPS) is 19.0. The van der Waals surface area contributed by atoms with Crippen molar-refractivity contribution in [1.82, 2.24) is 4.98 Å². The maximum absolute atomic E-state index is 11.7. The summed E-state index contributed by atoms with van der Waals surface area (Å²) in [6.45, 7) is 1.03. The van der Waals surface area contributed by atoms with Gasteiger partial charge in [-0.3, -0.25) is 10.1 Å². The number of rotatable bonds is 3. The molecule has 1 unspecified atom stereocenters. The van der Waals surface area contributed by atoms with Crippen LogP contribution in [0.3, 0.4) is 0 Å². The first-order chi connectivity index (χ1) is 9.13. The highest BCUT2D eigenvalue weighted by atomic mass is 16.6. The van der Waals surface area contributed by atoms with Crippen molar-refractivity contribution in [1.29, 1.82) is 0 Å². The second kappa shape index (κ2) is 5.61.